The predicted molar refractivity (Wildman–Crippen MR) is 108 cm³/mol. The summed E-state index contributed by atoms with van der Waals surface area (Å²) in [5.74, 6) is 1.23. The second-order valence-electron chi connectivity index (χ2n) is 6.93. The van der Waals surface area contributed by atoms with Gasteiger partial charge in [-0.1, -0.05) is 18.2 Å². The molecule has 27 heavy (non-hydrogen) atoms. The maximum Gasteiger partial charge on any atom is 0.165 e. The Morgan fingerprint density at radius 2 is 1.78 bits per heavy atom. The molecule has 0 aliphatic carbocycles. The van der Waals surface area contributed by atoms with Crippen molar-refractivity contribution in [1.29, 1.82) is 0 Å². The van der Waals surface area contributed by atoms with Crippen LogP contribution in [-0.2, 0) is 4.74 Å². The normalized spacial score (nSPS) is 15.1. The molecule has 1 aliphatic rings. The zero-order valence-corrected chi connectivity index (χ0v) is 15.7. The fraction of sp³-hybridized carbons (Fsp3) is 0.318. The summed E-state index contributed by atoms with van der Waals surface area (Å²) in [6.45, 7) is 4.14. The molecule has 1 fully saturated rings. The van der Waals surface area contributed by atoms with E-state index in [1.807, 2.05) is 43.6 Å². The summed E-state index contributed by atoms with van der Waals surface area (Å²) in [6, 6.07) is 18.4. The summed E-state index contributed by atoms with van der Waals surface area (Å²) >= 11 is 0. The molecule has 4 rings (SSSR count). The van der Waals surface area contributed by atoms with Gasteiger partial charge in [-0.3, -0.25) is 9.69 Å². The Balaban J connectivity index is 1.53. The van der Waals surface area contributed by atoms with Crippen LogP contribution in [0.4, 0.5) is 11.5 Å². The van der Waals surface area contributed by atoms with E-state index in [1.54, 1.807) is 0 Å². The van der Waals surface area contributed by atoms with Gasteiger partial charge in [-0.25, -0.2) is 0 Å². The summed E-state index contributed by atoms with van der Waals surface area (Å²) in [6.07, 6.45) is 2.50. The number of anilines is 2. The number of rotatable bonds is 6. The number of para-hydroxylation sites is 1. The smallest absolute Gasteiger partial charge is 0.165 e. The molecular formula is C22H25N3O2. The monoisotopic (exact) mass is 363 g/mol. The highest BCUT2D eigenvalue weighted by atomic mass is 16.5. The lowest BCUT2D eigenvalue weighted by Gasteiger charge is -2.26. The number of hydrogen-bond acceptors (Lipinski definition) is 4. The molecule has 0 bridgehead atoms. The van der Waals surface area contributed by atoms with Gasteiger partial charge in [0.15, 0.2) is 5.78 Å². The van der Waals surface area contributed by atoms with Gasteiger partial charge in [0.2, 0.25) is 0 Å². The van der Waals surface area contributed by atoms with Gasteiger partial charge in [-0.15, -0.1) is 0 Å². The summed E-state index contributed by atoms with van der Waals surface area (Å²) in [5, 5.41) is 0. The molecule has 0 amide bonds. The SMILES string of the molecule is CN(c1ccccc1)c1ccc2ccc(C(=O)CCN3CCOCC3)cn12. The molecule has 0 N–H and O–H groups in total. The van der Waals surface area contributed by atoms with Crippen LogP contribution in [-0.4, -0.2) is 55.0 Å². The number of Topliss-reactive ketones (excluding diaryl/α,β-unsaturated/α-hetero) is 1. The predicted octanol–water partition coefficient (Wildman–Crippen LogP) is 3.61. The van der Waals surface area contributed by atoms with Crippen LogP contribution in [0.1, 0.15) is 16.8 Å². The van der Waals surface area contributed by atoms with Crippen LogP contribution in [0.3, 0.4) is 0 Å². The van der Waals surface area contributed by atoms with E-state index in [-0.39, 0.29) is 5.78 Å². The number of morpholine rings is 1. The largest absolute Gasteiger partial charge is 0.379 e. The molecule has 2 aromatic heterocycles. The Bertz CT molecular complexity index is 914. The highest BCUT2D eigenvalue weighted by Gasteiger charge is 2.15. The van der Waals surface area contributed by atoms with Gasteiger partial charge in [0.25, 0.3) is 0 Å². The molecule has 0 spiro atoms. The van der Waals surface area contributed by atoms with Crippen molar-refractivity contribution in [3.63, 3.8) is 0 Å². The molecule has 1 aliphatic heterocycles. The van der Waals surface area contributed by atoms with Crippen molar-refractivity contribution in [3.8, 4) is 0 Å². The number of ketones is 1. The van der Waals surface area contributed by atoms with Crippen molar-refractivity contribution >= 4 is 22.8 Å². The third-order valence-corrected chi connectivity index (χ3v) is 5.20. The van der Waals surface area contributed by atoms with Crippen LogP contribution in [0.15, 0.2) is 60.8 Å². The molecular weight excluding hydrogens is 338 g/mol. The molecule has 0 atom stereocenters. The van der Waals surface area contributed by atoms with Gasteiger partial charge in [-0.05, 0) is 36.4 Å². The molecule has 3 heterocycles. The van der Waals surface area contributed by atoms with Crippen molar-refractivity contribution in [2.45, 2.75) is 6.42 Å². The van der Waals surface area contributed by atoms with Gasteiger partial charge < -0.3 is 14.0 Å². The quantitative estimate of drug-likeness (QED) is 0.627. The fourth-order valence-corrected chi connectivity index (χ4v) is 3.54. The average molecular weight is 363 g/mol. The lowest BCUT2D eigenvalue weighted by atomic mass is 10.1. The minimum absolute atomic E-state index is 0.186. The van der Waals surface area contributed by atoms with Gasteiger partial charge in [0, 0.05) is 56.1 Å². The molecule has 5 nitrogen and oxygen atoms in total. The number of aromatic nitrogens is 1. The zero-order valence-electron chi connectivity index (χ0n) is 15.7. The van der Waals surface area contributed by atoms with E-state index in [0.717, 1.165) is 55.4 Å². The highest BCUT2D eigenvalue weighted by molar-refractivity contribution is 5.96. The van der Waals surface area contributed by atoms with Crippen molar-refractivity contribution in [2.24, 2.45) is 0 Å². The maximum absolute atomic E-state index is 12.7. The number of hydrogen-bond donors (Lipinski definition) is 0. The van der Waals surface area contributed by atoms with Crippen LogP contribution in [0.25, 0.3) is 5.52 Å². The molecule has 3 aromatic rings. The van der Waals surface area contributed by atoms with E-state index in [0.29, 0.717) is 6.42 Å². The van der Waals surface area contributed by atoms with Crippen molar-refractivity contribution in [3.05, 3.63) is 66.4 Å². The van der Waals surface area contributed by atoms with E-state index < -0.39 is 0 Å². The van der Waals surface area contributed by atoms with E-state index in [2.05, 4.69) is 38.5 Å². The number of carbonyl (C=O) groups excluding carboxylic acids is 1. The molecule has 0 saturated carbocycles. The van der Waals surface area contributed by atoms with Gasteiger partial charge in [-0.2, -0.15) is 0 Å². The number of ether oxygens (including phenoxy) is 1. The van der Waals surface area contributed by atoms with E-state index in [1.165, 1.54) is 0 Å². The van der Waals surface area contributed by atoms with Crippen LogP contribution < -0.4 is 4.90 Å². The summed E-state index contributed by atoms with van der Waals surface area (Å²) in [4.78, 5) is 17.1. The molecule has 140 valence electrons. The third kappa shape index (κ3) is 3.89. The zero-order chi connectivity index (χ0) is 18.6. The van der Waals surface area contributed by atoms with Gasteiger partial charge in [0.1, 0.15) is 5.82 Å². The number of carbonyl (C=O) groups is 1. The number of benzene rings is 1. The lowest BCUT2D eigenvalue weighted by molar-refractivity contribution is 0.0370. The number of pyridine rings is 1. The average Bonchev–Trinajstić information content (AvgIpc) is 3.16. The number of nitrogens with zero attached hydrogens (tertiary/aromatic N) is 3. The summed E-state index contributed by atoms with van der Waals surface area (Å²) < 4.78 is 7.46. The molecule has 0 radical (unpaired) electrons. The highest BCUT2D eigenvalue weighted by Crippen LogP contribution is 2.26. The summed E-state index contributed by atoms with van der Waals surface area (Å²) in [5.41, 5.74) is 2.95. The minimum atomic E-state index is 0.186. The van der Waals surface area contributed by atoms with Crippen LogP contribution >= 0.6 is 0 Å². The van der Waals surface area contributed by atoms with Gasteiger partial charge >= 0.3 is 0 Å². The first-order valence-electron chi connectivity index (χ1n) is 9.45. The Morgan fingerprint density at radius 1 is 1.04 bits per heavy atom. The van der Waals surface area contributed by atoms with Crippen LogP contribution in [0.2, 0.25) is 0 Å². The van der Waals surface area contributed by atoms with E-state index >= 15 is 0 Å². The first kappa shape index (κ1) is 17.8. The van der Waals surface area contributed by atoms with E-state index in [4.69, 9.17) is 4.74 Å². The maximum atomic E-state index is 12.7. The van der Waals surface area contributed by atoms with Crippen LogP contribution in [0, 0.1) is 0 Å². The summed E-state index contributed by atoms with van der Waals surface area (Å²) in [7, 11) is 2.05. The minimum Gasteiger partial charge on any atom is -0.379 e. The van der Waals surface area contributed by atoms with Crippen LogP contribution in [0.5, 0.6) is 0 Å². The Labute approximate surface area is 159 Å². The lowest BCUT2D eigenvalue weighted by Crippen LogP contribution is -2.37. The molecule has 1 saturated heterocycles. The van der Waals surface area contributed by atoms with Gasteiger partial charge in [0.05, 0.1) is 13.2 Å². The molecule has 5 heteroatoms. The second kappa shape index (κ2) is 7.94. The first-order valence-corrected chi connectivity index (χ1v) is 9.45. The first-order chi connectivity index (χ1) is 13.2. The molecule has 1 aromatic carbocycles. The fourth-order valence-electron chi connectivity index (χ4n) is 3.54. The standard InChI is InChI=1S/C22H25N3O2/c1-23(19-5-3-2-4-6-19)22-10-9-20-8-7-18(17-25(20)22)21(26)11-12-24-13-15-27-16-14-24/h2-10,17H,11-16H2,1H3. The van der Waals surface area contributed by atoms with Crippen molar-refractivity contribution in [1.82, 2.24) is 9.30 Å². The Hall–Kier alpha value is -2.63. The van der Waals surface area contributed by atoms with Crippen molar-refractivity contribution in [2.75, 3.05) is 44.8 Å². The second-order valence-corrected chi connectivity index (χ2v) is 6.93. The Kier molecular flexibility index (Phi) is 5.23. The third-order valence-electron chi connectivity index (χ3n) is 5.20. The van der Waals surface area contributed by atoms with E-state index in [9.17, 15) is 4.79 Å². The number of fused-ring (bicyclic) bond motifs is 1. The molecule has 0 unspecified atom stereocenters. The Morgan fingerprint density at radius 3 is 2.56 bits per heavy atom. The topological polar surface area (TPSA) is 37.2 Å². The van der Waals surface area contributed by atoms with Crippen molar-refractivity contribution < 1.29 is 9.53 Å².